The topological polar surface area (TPSA) is 6.48 Å². The number of nitrogens with zero attached hydrogens (tertiary/aromatic N) is 2. The summed E-state index contributed by atoms with van der Waals surface area (Å²) in [5, 5.41) is 0. The summed E-state index contributed by atoms with van der Waals surface area (Å²) in [5.41, 5.74) is 0. The Morgan fingerprint density at radius 2 is 1.75 bits per heavy atom. The van der Waals surface area contributed by atoms with E-state index in [0.29, 0.717) is 0 Å². The van der Waals surface area contributed by atoms with Gasteiger partial charge in [0.1, 0.15) is 0 Å². The Hall–Kier alpha value is -0.0800. The van der Waals surface area contributed by atoms with Crippen LogP contribution in [-0.2, 0) is 0 Å². The maximum Gasteiger partial charge on any atom is 0.00900 e. The quantitative estimate of drug-likeness (QED) is 0.616. The molecule has 1 aliphatic rings. The van der Waals surface area contributed by atoms with E-state index in [1.54, 1.807) is 0 Å². The minimum atomic E-state index is 0.749. The second kappa shape index (κ2) is 4.24. The molecule has 0 radical (unpaired) electrons. The zero-order valence-corrected chi connectivity index (χ0v) is 8.88. The standard InChI is InChI=1S/C10H22N2/c1-9(11(2)3)10-5-7-12(4)8-6-10/h9-10H,5-8H2,1-4H3/t9-/m1/s1. The van der Waals surface area contributed by atoms with Crippen molar-refractivity contribution >= 4 is 0 Å². The molecule has 1 aliphatic heterocycles. The van der Waals surface area contributed by atoms with Crippen LogP contribution >= 0.6 is 0 Å². The summed E-state index contributed by atoms with van der Waals surface area (Å²) in [6.45, 7) is 4.90. The molecule has 0 N–H and O–H groups in total. The molecule has 1 saturated heterocycles. The number of piperidine rings is 1. The molecule has 1 fully saturated rings. The molecule has 72 valence electrons. The van der Waals surface area contributed by atoms with Gasteiger partial charge < -0.3 is 9.80 Å². The number of rotatable bonds is 2. The Labute approximate surface area is 76.5 Å². The van der Waals surface area contributed by atoms with E-state index in [1.165, 1.54) is 25.9 Å². The lowest BCUT2D eigenvalue weighted by Crippen LogP contribution is -2.40. The third kappa shape index (κ3) is 2.46. The monoisotopic (exact) mass is 170 g/mol. The fraction of sp³-hybridized carbons (Fsp3) is 1.00. The summed E-state index contributed by atoms with van der Waals surface area (Å²) >= 11 is 0. The summed E-state index contributed by atoms with van der Waals surface area (Å²) in [4.78, 5) is 4.77. The fourth-order valence-electron chi connectivity index (χ4n) is 1.93. The highest BCUT2D eigenvalue weighted by Gasteiger charge is 2.22. The van der Waals surface area contributed by atoms with Crippen LogP contribution in [0.15, 0.2) is 0 Å². The highest BCUT2D eigenvalue weighted by Crippen LogP contribution is 2.21. The second-order valence-corrected chi connectivity index (χ2v) is 4.34. The van der Waals surface area contributed by atoms with Crippen LogP contribution in [-0.4, -0.2) is 50.1 Å². The molecule has 12 heavy (non-hydrogen) atoms. The summed E-state index contributed by atoms with van der Waals surface area (Å²) < 4.78 is 0. The molecule has 0 unspecified atom stereocenters. The van der Waals surface area contributed by atoms with E-state index >= 15 is 0 Å². The van der Waals surface area contributed by atoms with E-state index in [4.69, 9.17) is 0 Å². The van der Waals surface area contributed by atoms with Crippen LogP contribution in [0.4, 0.5) is 0 Å². The summed E-state index contributed by atoms with van der Waals surface area (Å²) in [6, 6.07) is 0.749. The highest BCUT2D eigenvalue weighted by atomic mass is 15.1. The normalized spacial score (nSPS) is 24.8. The molecule has 0 aromatic heterocycles. The largest absolute Gasteiger partial charge is 0.306 e. The first kappa shape index (κ1) is 10.0. The molecule has 0 saturated carbocycles. The van der Waals surface area contributed by atoms with Gasteiger partial charge >= 0.3 is 0 Å². The minimum Gasteiger partial charge on any atom is -0.306 e. The van der Waals surface area contributed by atoms with E-state index in [1.807, 2.05) is 0 Å². The van der Waals surface area contributed by atoms with Gasteiger partial charge in [-0.3, -0.25) is 0 Å². The molecule has 1 heterocycles. The fourth-order valence-corrected chi connectivity index (χ4v) is 1.93. The number of hydrogen-bond acceptors (Lipinski definition) is 2. The second-order valence-electron chi connectivity index (χ2n) is 4.34. The predicted octanol–water partition coefficient (Wildman–Crippen LogP) is 1.28. The molecule has 2 nitrogen and oxygen atoms in total. The van der Waals surface area contributed by atoms with Gasteiger partial charge in [0.05, 0.1) is 0 Å². The van der Waals surface area contributed by atoms with Gasteiger partial charge in [0.25, 0.3) is 0 Å². The van der Waals surface area contributed by atoms with Gasteiger partial charge in [-0.25, -0.2) is 0 Å². The maximum absolute atomic E-state index is 2.43. The van der Waals surface area contributed by atoms with Gasteiger partial charge in [0.2, 0.25) is 0 Å². The zero-order chi connectivity index (χ0) is 9.14. The van der Waals surface area contributed by atoms with E-state index in [-0.39, 0.29) is 0 Å². The molecule has 0 bridgehead atoms. The van der Waals surface area contributed by atoms with Crippen molar-refractivity contribution in [2.24, 2.45) is 5.92 Å². The molecule has 0 amide bonds. The van der Waals surface area contributed by atoms with Crippen LogP contribution in [0.1, 0.15) is 19.8 Å². The van der Waals surface area contributed by atoms with Crippen LogP contribution in [0, 0.1) is 5.92 Å². The first-order valence-corrected chi connectivity index (χ1v) is 4.96. The number of hydrogen-bond donors (Lipinski definition) is 0. The van der Waals surface area contributed by atoms with Crippen LogP contribution in [0.5, 0.6) is 0 Å². The molecule has 0 spiro atoms. The lowest BCUT2D eigenvalue weighted by molar-refractivity contribution is 0.141. The van der Waals surface area contributed by atoms with Crippen molar-refractivity contribution in [3.63, 3.8) is 0 Å². The molecule has 2 heteroatoms. The van der Waals surface area contributed by atoms with Gasteiger partial charge in [0, 0.05) is 6.04 Å². The van der Waals surface area contributed by atoms with Gasteiger partial charge in [0.15, 0.2) is 0 Å². The van der Waals surface area contributed by atoms with E-state index in [2.05, 4.69) is 37.9 Å². The van der Waals surface area contributed by atoms with Crippen LogP contribution in [0.25, 0.3) is 0 Å². The van der Waals surface area contributed by atoms with Crippen LogP contribution in [0.3, 0.4) is 0 Å². The van der Waals surface area contributed by atoms with E-state index in [0.717, 1.165) is 12.0 Å². The van der Waals surface area contributed by atoms with Crippen molar-refractivity contribution in [1.82, 2.24) is 9.80 Å². The van der Waals surface area contributed by atoms with Gasteiger partial charge in [-0.05, 0) is 59.9 Å². The Morgan fingerprint density at radius 1 is 1.25 bits per heavy atom. The number of likely N-dealkylation sites (tertiary alicyclic amines) is 1. The molecule has 1 atom stereocenters. The highest BCUT2D eigenvalue weighted by molar-refractivity contribution is 4.77. The van der Waals surface area contributed by atoms with Crippen molar-refractivity contribution in [2.75, 3.05) is 34.2 Å². The molecule has 0 aromatic rings. The molecule has 0 aliphatic carbocycles. The molecular weight excluding hydrogens is 148 g/mol. The third-order valence-electron chi connectivity index (χ3n) is 3.26. The van der Waals surface area contributed by atoms with Crippen molar-refractivity contribution in [1.29, 1.82) is 0 Å². The first-order valence-electron chi connectivity index (χ1n) is 4.96. The van der Waals surface area contributed by atoms with E-state index in [9.17, 15) is 0 Å². The van der Waals surface area contributed by atoms with Gasteiger partial charge in [-0.1, -0.05) is 0 Å². The van der Waals surface area contributed by atoms with Gasteiger partial charge in [-0.15, -0.1) is 0 Å². The third-order valence-corrected chi connectivity index (χ3v) is 3.26. The lowest BCUT2D eigenvalue weighted by Gasteiger charge is -2.35. The van der Waals surface area contributed by atoms with Crippen molar-refractivity contribution in [3.8, 4) is 0 Å². The smallest absolute Gasteiger partial charge is 0.00900 e. The van der Waals surface area contributed by atoms with Crippen molar-refractivity contribution in [2.45, 2.75) is 25.8 Å². The summed E-state index contributed by atoms with van der Waals surface area (Å²) in [5.74, 6) is 0.913. The zero-order valence-electron chi connectivity index (χ0n) is 8.88. The van der Waals surface area contributed by atoms with Crippen molar-refractivity contribution in [3.05, 3.63) is 0 Å². The first-order chi connectivity index (χ1) is 5.61. The van der Waals surface area contributed by atoms with Crippen LogP contribution < -0.4 is 0 Å². The average Bonchev–Trinajstić information content (AvgIpc) is 2.04. The molecular formula is C10H22N2. The Balaban J connectivity index is 2.34. The molecule has 0 aromatic carbocycles. The minimum absolute atomic E-state index is 0.749. The SMILES string of the molecule is C[C@H](C1CCN(C)CC1)N(C)C. The summed E-state index contributed by atoms with van der Waals surface area (Å²) in [7, 11) is 6.59. The maximum atomic E-state index is 2.43. The van der Waals surface area contributed by atoms with Gasteiger partial charge in [-0.2, -0.15) is 0 Å². The Bertz CT molecular complexity index is 126. The Morgan fingerprint density at radius 3 is 2.17 bits per heavy atom. The van der Waals surface area contributed by atoms with Crippen LogP contribution in [0.2, 0.25) is 0 Å². The molecule has 1 rings (SSSR count). The van der Waals surface area contributed by atoms with E-state index < -0.39 is 0 Å². The van der Waals surface area contributed by atoms with Crippen molar-refractivity contribution < 1.29 is 0 Å². The summed E-state index contributed by atoms with van der Waals surface area (Å²) in [6.07, 6.45) is 2.74. The Kier molecular flexibility index (Phi) is 3.53. The average molecular weight is 170 g/mol. The lowest BCUT2D eigenvalue weighted by atomic mass is 9.90. The predicted molar refractivity (Wildman–Crippen MR) is 53.4 cm³/mol.